The SMILES string of the molecule is CCC(C)NCc1nn(-c2c(C)cccc2C)c(=O)cc1O. The highest BCUT2D eigenvalue weighted by Crippen LogP contribution is 2.18. The van der Waals surface area contributed by atoms with Crippen molar-refractivity contribution in [3.8, 4) is 11.4 Å². The second kappa shape index (κ2) is 6.75. The zero-order valence-electron chi connectivity index (χ0n) is 13.6. The van der Waals surface area contributed by atoms with E-state index < -0.39 is 0 Å². The Kier molecular flexibility index (Phi) is 4.98. The van der Waals surface area contributed by atoms with Gasteiger partial charge >= 0.3 is 0 Å². The molecule has 0 aliphatic carbocycles. The molecule has 1 heterocycles. The van der Waals surface area contributed by atoms with Gasteiger partial charge in [-0.1, -0.05) is 25.1 Å². The maximum absolute atomic E-state index is 12.2. The third kappa shape index (κ3) is 3.36. The van der Waals surface area contributed by atoms with Crippen LogP contribution in [0, 0.1) is 13.8 Å². The van der Waals surface area contributed by atoms with Gasteiger partial charge in [-0.25, -0.2) is 0 Å². The van der Waals surface area contributed by atoms with Crippen molar-refractivity contribution < 1.29 is 5.11 Å². The van der Waals surface area contributed by atoms with Crippen molar-refractivity contribution >= 4 is 0 Å². The molecule has 0 saturated carbocycles. The second-order valence-electron chi connectivity index (χ2n) is 5.66. The number of benzene rings is 1. The monoisotopic (exact) mass is 301 g/mol. The van der Waals surface area contributed by atoms with Crippen molar-refractivity contribution in [2.75, 3.05) is 0 Å². The van der Waals surface area contributed by atoms with E-state index in [-0.39, 0.29) is 11.3 Å². The molecule has 2 aromatic rings. The number of rotatable bonds is 5. The minimum absolute atomic E-state index is 0.0664. The summed E-state index contributed by atoms with van der Waals surface area (Å²) in [5.41, 5.74) is 2.87. The molecule has 0 amide bonds. The van der Waals surface area contributed by atoms with Gasteiger partial charge in [-0.15, -0.1) is 0 Å². The average Bonchev–Trinajstić information content (AvgIpc) is 2.47. The van der Waals surface area contributed by atoms with Crippen LogP contribution in [-0.2, 0) is 6.54 Å². The minimum atomic E-state index is -0.331. The predicted octanol–water partition coefficient (Wildman–Crippen LogP) is 2.44. The Hall–Kier alpha value is -2.14. The van der Waals surface area contributed by atoms with Gasteiger partial charge in [0.05, 0.1) is 5.69 Å². The first kappa shape index (κ1) is 16.2. The maximum Gasteiger partial charge on any atom is 0.275 e. The van der Waals surface area contributed by atoms with Crippen LogP contribution < -0.4 is 10.9 Å². The third-order valence-electron chi connectivity index (χ3n) is 3.87. The lowest BCUT2D eigenvalue weighted by Gasteiger charge is -2.15. The van der Waals surface area contributed by atoms with Crippen molar-refractivity contribution in [3.63, 3.8) is 0 Å². The topological polar surface area (TPSA) is 67.2 Å². The molecule has 5 nitrogen and oxygen atoms in total. The van der Waals surface area contributed by atoms with Crippen molar-refractivity contribution in [1.82, 2.24) is 15.1 Å². The van der Waals surface area contributed by atoms with Crippen LogP contribution >= 0.6 is 0 Å². The van der Waals surface area contributed by atoms with Gasteiger partial charge in [-0.3, -0.25) is 4.79 Å². The Morgan fingerprint density at radius 1 is 1.32 bits per heavy atom. The first-order valence-electron chi connectivity index (χ1n) is 7.56. The van der Waals surface area contributed by atoms with Gasteiger partial charge in [0.2, 0.25) is 0 Å². The molecule has 1 atom stereocenters. The summed E-state index contributed by atoms with van der Waals surface area (Å²) in [6.45, 7) is 8.47. The fraction of sp³-hybridized carbons (Fsp3) is 0.412. The normalized spacial score (nSPS) is 12.4. The van der Waals surface area contributed by atoms with Gasteiger partial charge in [-0.05, 0) is 38.3 Å². The quantitative estimate of drug-likeness (QED) is 0.890. The summed E-state index contributed by atoms with van der Waals surface area (Å²) in [5, 5.41) is 17.6. The molecule has 118 valence electrons. The molecule has 0 saturated heterocycles. The van der Waals surface area contributed by atoms with E-state index in [9.17, 15) is 9.90 Å². The van der Waals surface area contributed by atoms with E-state index in [2.05, 4.69) is 24.3 Å². The van der Waals surface area contributed by atoms with Crippen LogP contribution in [0.4, 0.5) is 0 Å². The number of para-hydroxylation sites is 1. The summed E-state index contributed by atoms with van der Waals surface area (Å²) >= 11 is 0. The predicted molar refractivity (Wildman–Crippen MR) is 87.6 cm³/mol. The van der Waals surface area contributed by atoms with Gasteiger partial charge in [0.15, 0.2) is 0 Å². The molecule has 2 N–H and O–H groups in total. The number of nitrogens with zero attached hydrogens (tertiary/aromatic N) is 2. The largest absolute Gasteiger partial charge is 0.506 e. The Labute approximate surface area is 130 Å². The lowest BCUT2D eigenvalue weighted by molar-refractivity contribution is 0.443. The summed E-state index contributed by atoms with van der Waals surface area (Å²) < 4.78 is 1.37. The van der Waals surface area contributed by atoms with Crippen LogP contribution in [0.15, 0.2) is 29.1 Å². The molecule has 1 aromatic carbocycles. The van der Waals surface area contributed by atoms with Crippen LogP contribution in [-0.4, -0.2) is 20.9 Å². The number of aryl methyl sites for hydroxylation is 2. The number of aromatic hydroxyl groups is 1. The molecule has 0 radical (unpaired) electrons. The third-order valence-corrected chi connectivity index (χ3v) is 3.87. The van der Waals surface area contributed by atoms with Crippen molar-refractivity contribution in [3.05, 3.63) is 51.4 Å². The van der Waals surface area contributed by atoms with E-state index >= 15 is 0 Å². The Morgan fingerprint density at radius 2 is 1.95 bits per heavy atom. The zero-order valence-corrected chi connectivity index (χ0v) is 13.6. The molecule has 22 heavy (non-hydrogen) atoms. The van der Waals surface area contributed by atoms with E-state index in [0.717, 1.165) is 23.2 Å². The van der Waals surface area contributed by atoms with Gasteiger partial charge in [0.25, 0.3) is 5.56 Å². The summed E-state index contributed by atoms with van der Waals surface area (Å²) in [7, 11) is 0. The first-order chi connectivity index (χ1) is 10.4. The fourth-order valence-electron chi connectivity index (χ4n) is 2.32. The molecular formula is C17H23N3O2. The van der Waals surface area contributed by atoms with E-state index in [0.29, 0.717) is 18.3 Å². The summed E-state index contributed by atoms with van der Waals surface area (Å²) in [4.78, 5) is 12.2. The van der Waals surface area contributed by atoms with Crippen molar-refractivity contribution in [2.24, 2.45) is 0 Å². The maximum atomic E-state index is 12.2. The molecule has 2 rings (SSSR count). The number of nitrogens with one attached hydrogen (secondary N) is 1. The van der Waals surface area contributed by atoms with Crippen LogP contribution in [0.2, 0.25) is 0 Å². The molecule has 0 fully saturated rings. The second-order valence-corrected chi connectivity index (χ2v) is 5.66. The van der Waals surface area contributed by atoms with Crippen LogP contribution in [0.25, 0.3) is 5.69 Å². The van der Waals surface area contributed by atoms with E-state index in [1.807, 2.05) is 32.0 Å². The van der Waals surface area contributed by atoms with Crippen LogP contribution in [0.5, 0.6) is 5.75 Å². The zero-order chi connectivity index (χ0) is 16.3. The van der Waals surface area contributed by atoms with E-state index in [1.54, 1.807) is 0 Å². The average molecular weight is 301 g/mol. The van der Waals surface area contributed by atoms with Gasteiger partial charge in [0, 0.05) is 18.7 Å². The summed E-state index contributed by atoms with van der Waals surface area (Å²) in [5.74, 6) is -0.0664. The molecular weight excluding hydrogens is 278 g/mol. The molecule has 5 heteroatoms. The molecule has 0 bridgehead atoms. The Bertz CT molecular complexity index is 702. The Balaban J connectivity index is 2.47. The minimum Gasteiger partial charge on any atom is -0.506 e. The van der Waals surface area contributed by atoms with Gasteiger partial charge < -0.3 is 10.4 Å². The number of aromatic nitrogens is 2. The highest BCUT2D eigenvalue weighted by atomic mass is 16.3. The molecule has 0 aliphatic rings. The summed E-state index contributed by atoms with van der Waals surface area (Å²) in [6.07, 6.45) is 0.983. The summed E-state index contributed by atoms with van der Waals surface area (Å²) in [6, 6.07) is 7.39. The highest BCUT2D eigenvalue weighted by Gasteiger charge is 2.13. The Morgan fingerprint density at radius 3 is 2.55 bits per heavy atom. The highest BCUT2D eigenvalue weighted by molar-refractivity contribution is 5.46. The molecule has 1 aromatic heterocycles. The van der Waals surface area contributed by atoms with E-state index in [4.69, 9.17) is 0 Å². The smallest absolute Gasteiger partial charge is 0.275 e. The molecule has 1 unspecified atom stereocenters. The fourth-order valence-corrected chi connectivity index (χ4v) is 2.32. The number of hydrogen-bond acceptors (Lipinski definition) is 4. The lowest BCUT2D eigenvalue weighted by Crippen LogP contribution is -2.28. The number of hydrogen-bond donors (Lipinski definition) is 2. The van der Waals surface area contributed by atoms with Crippen molar-refractivity contribution in [2.45, 2.75) is 46.7 Å². The molecule has 0 aliphatic heterocycles. The van der Waals surface area contributed by atoms with Crippen LogP contribution in [0.3, 0.4) is 0 Å². The van der Waals surface area contributed by atoms with Crippen LogP contribution in [0.1, 0.15) is 37.1 Å². The van der Waals surface area contributed by atoms with Crippen molar-refractivity contribution in [1.29, 1.82) is 0 Å². The van der Waals surface area contributed by atoms with Gasteiger partial charge in [-0.2, -0.15) is 9.78 Å². The lowest BCUT2D eigenvalue weighted by atomic mass is 10.1. The van der Waals surface area contributed by atoms with E-state index in [1.165, 1.54) is 10.7 Å². The van der Waals surface area contributed by atoms with Gasteiger partial charge in [0.1, 0.15) is 11.4 Å². The first-order valence-corrected chi connectivity index (χ1v) is 7.56. The molecule has 0 spiro atoms. The standard InChI is InChI=1S/C17H23N3O2/c1-5-13(4)18-10-14-15(21)9-16(22)20(19-14)17-11(2)7-6-8-12(17)3/h6-9,13,18,21H,5,10H2,1-4H3.